The molecule has 1 saturated heterocycles. The summed E-state index contributed by atoms with van der Waals surface area (Å²) in [5, 5.41) is 0. The van der Waals surface area contributed by atoms with Gasteiger partial charge in [-0.2, -0.15) is 0 Å². The average Bonchev–Trinajstić information content (AvgIpc) is 3.29. The van der Waals surface area contributed by atoms with Crippen LogP contribution < -0.4 is 0 Å². The number of carbonyl (C=O) groups excluding carboxylic acids is 3. The van der Waals surface area contributed by atoms with Crippen LogP contribution in [0.1, 0.15) is 58.3 Å². The molecule has 1 aromatic heterocycles. The number of methoxy groups -OCH3 is 1. The van der Waals surface area contributed by atoms with Crippen LogP contribution in [0.25, 0.3) is 0 Å². The van der Waals surface area contributed by atoms with E-state index < -0.39 is 40.9 Å². The number of furan rings is 1. The molecule has 0 radical (unpaired) electrons. The molecule has 0 bridgehead atoms. The Morgan fingerprint density at radius 3 is 2.61 bits per heavy atom. The van der Waals surface area contributed by atoms with Crippen molar-refractivity contribution in [2.24, 2.45) is 28.6 Å². The minimum Gasteiger partial charge on any atom is -0.469 e. The van der Waals surface area contributed by atoms with Gasteiger partial charge < -0.3 is 18.6 Å². The van der Waals surface area contributed by atoms with E-state index in [1.54, 1.807) is 6.26 Å². The van der Waals surface area contributed by atoms with Crippen molar-refractivity contribution < 1.29 is 33.0 Å². The summed E-state index contributed by atoms with van der Waals surface area (Å²) in [6.45, 7) is 7.42. The predicted octanol–water partition coefficient (Wildman–Crippen LogP) is 3.18. The van der Waals surface area contributed by atoms with Crippen LogP contribution in [-0.4, -0.2) is 37.2 Å². The van der Waals surface area contributed by atoms with E-state index in [2.05, 4.69) is 6.92 Å². The zero-order chi connectivity index (χ0) is 22.3. The highest BCUT2D eigenvalue weighted by molar-refractivity contribution is 5.85. The SMILES string of the molecule is COC(=O)[C@]1(C)c2ccoc2C[C@H]2[C@H]1[C@@H](OC(C)=O)[C@@H]1OC(=O)[C@]3(C)CCC[C@@]2(C)[C@@H]13. The third-order valence-corrected chi connectivity index (χ3v) is 9.09. The van der Waals surface area contributed by atoms with Gasteiger partial charge in [-0.05, 0) is 44.1 Å². The second-order valence-electron chi connectivity index (χ2n) is 10.5. The van der Waals surface area contributed by atoms with Crippen molar-refractivity contribution in [3.63, 3.8) is 0 Å². The first-order chi connectivity index (χ1) is 14.6. The van der Waals surface area contributed by atoms with E-state index in [1.165, 1.54) is 14.0 Å². The van der Waals surface area contributed by atoms with Crippen LogP contribution in [0.5, 0.6) is 0 Å². The number of esters is 3. The molecule has 0 N–H and O–H groups in total. The zero-order valence-electron chi connectivity index (χ0n) is 18.7. The molecule has 3 fully saturated rings. The monoisotopic (exact) mass is 430 g/mol. The number of fused-ring (bicyclic) bond motifs is 3. The van der Waals surface area contributed by atoms with Gasteiger partial charge in [0, 0.05) is 30.7 Å². The Hall–Kier alpha value is -2.31. The lowest BCUT2D eigenvalue weighted by molar-refractivity contribution is -0.212. The Balaban J connectivity index is 1.76. The summed E-state index contributed by atoms with van der Waals surface area (Å²) in [6.07, 6.45) is 3.52. The fourth-order valence-corrected chi connectivity index (χ4v) is 7.91. The zero-order valence-corrected chi connectivity index (χ0v) is 18.7. The molecule has 0 aromatic carbocycles. The first kappa shape index (κ1) is 20.6. The second kappa shape index (κ2) is 6.36. The summed E-state index contributed by atoms with van der Waals surface area (Å²) in [4.78, 5) is 38.6. The van der Waals surface area contributed by atoms with Crippen LogP contribution in [0.15, 0.2) is 16.7 Å². The second-order valence-corrected chi connectivity index (χ2v) is 10.5. The Labute approximate surface area is 181 Å². The van der Waals surface area contributed by atoms with Crippen molar-refractivity contribution in [3.05, 3.63) is 23.7 Å². The molecular weight excluding hydrogens is 400 g/mol. The van der Waals surface area contributed by atoms with E-state index in [0.29, 0.717) is 6.42 Å². The summed E-state index contributed by atoms with van der Waals surface area (Å²) in [7, 11) is 1.37. The Morgan fingerprint density at radius 1 is 1.19 bits per heavy atom. The number of hydrogen-bond donors (Lipinski definition) is 0. The van der Waals surface area contributed by atoms with Crippen LogP contribution >= 0.6 is 0 Å². The lowest BCUT2D eigenvalue weighted by Crippen LogP contribution is -2.68. The van der Waals surface area contributed by atoms with Gasteiger partial charge in [-0.3, -0.25) is 14.4 Å². The molecule has 31 heavy (non-hydrogen) atoms. The van der Waals surface area contributed by atoms with E-state index >= 15 is 0 Å². The molecular formula is C24H30O7. The van der Waals surface area contributed by atoms with E-state index in [4.69, 9.17) is 18.6 Å². The summed E-state index contributed by atoms with van der Waals surface area (Å²) >= 11 is 0. The lowest BCUT2D eigenvalue weighted by atomic mass is 9.40. The minimum atomic E-state index is -1.09. The van der Waals surface area contributed by atoms with Gasteiger partial charge in [-0.1, -0.05) is 13.3 Å². The summed E-state index contributed by atoms with van der Waals surface area (Å²) in [5.41, 5.74) is -1.21. The van der Waals surface area contributed by atoms with Gasteiger partial charge >= 0.3 is 17.9 Å². The Morgan fingerprint density at radius 2 is 1.94 bits per heavy atom. The van der Waals surface area contributed by atoms with Crippen LogP contribution in [0.2, 0.25) is 0 Å². The molecule has 1 aliphatic heterocycles. The number of ether oxygens (including phenoxy) is 3. The van der Waals surface area contributed by atoms with Gasteiger partial charge in [-0.15, -0.1) is 0 Å². The van der Waals surface area contributed by atoms with Crippen LogP contribution in [0.4, 0.5) is 0 Å². The van der Waals surface area contributed by atoms with Crippen molar-refractivity contribution in [2.45, 2.75) is 71.0 Å². The van der Waals surface area contributed by atoms with Crippen LogP contribution in [0.3, 0.4) is 0 Å². The number of hydrogen-bond acceptors (Lipinski definition) is 7. The van der Waals surface area contributed by atoms with Crippen LogP contribution in [0, 0.1) is 28.6 Å². The molecule has 168 valence electrons. The standard InChI is InChI=1S/C24H30O7/c1-12(25)30-17-16-14(11-15-13(7-10-29-15)24(16,4)21(27)28-5)22(2)8-6-9-23(3)19(22)18(17)31-20(23)26/h7,10,14,16-19H,6,8-9,11H2,1-5H3/t14-,16-,17+,18-,19+,22+,23+,24+/m0/s1. The first-order valence-corrected chi connectivity index (χ1v) is 11.1. The maximum absolute atomic E-state index is 13.3. The van der Waals surface area contributed by atoms with E-state index in [0.717, 1.165) is 30.6 Å². The predicted molar refractivity (Wildman–Crippen MR) is 108 cm³/mol. The van der Waals surface area contributed by atoms with Gasteiger partial charge in [0.15, 0.2) is 0 Å². The van der Waals surface area contributed by atoms with E-state index in [9.17, 15) is 14.4 Å². The van der Waals surface area contributed by atoms with Crippen molar-refractivity contribution >= 4 is 17.9 Å². The number of carbonyl (C=O) groups is 3. The van der Waals surface area contributed by atoms with Crippen molar-refractivity contribution in [1.29, 1.82) is 0 Å². The third kappa shape index (κ3) is 2.38. The van der Waals surface area contributed by atoms with Gasteiger partial charge in [0.2, 0.25) is 0 Å². The first-order valence-electron chi connectivity index (χ1n) is 11.1. The fourth-order valence-electron chi connectivity index (χ4n) is 7.91. The fraction of sp³-hybridized carbons (Fsp3) is 0.708. The summed E-state index contributed by atoms with van der Waals surface area (Å²) in [6, 6.07) is 1.81. The highest BCUT2D eigenvalue weighted by Gasteiger charge is 2.74. The molecule has 0 amide bonds. The molecule has 8 atom stereocenters. The number of rotatable bonds is 2. The molecule has 7 heteroatoms. The maximum atomic E-state index is 13.3. The Kier molecular flexibility index (Phi) is 4.22. The Bertz CT molecular complexity index is 965. The smallest absolute Gasteiger partial charge is 0.316 e. The van der Waals surface area contributed by atoms with Crippen molar-refractivity contribution in [1.82, 2.24) is 0 Å². The van der Waals surface area contributed by atoms with Gasteiger partial charge in [-0.25, -0.2) is 0 Å². The van der Waals surface area contributed by atoms with E-state index in [-0.39, 0.29) is 23.2 Å². The molecule has 7 nitrogen and oxygen atoms in total. The largest absolute Gasteiger partial charge is 0.469 e. The molecule has 2 saturated carbocycles. The summed E-state index contributed by atoms with van der Waals surface area (Å²) < 4.78 is 23.0. The van der Waals surface area contributed by atoms with Crippen molar-refractivity contribution in [2.75, 3.05) is 7.11 Å². The molecule has 2 heterocycles. The lowest BCUT2D eigenvalue weighted by Gasteiger charge is -2.62. The van der Waals surface area contributed by atoms with Gasteiger partial charge in [0.25, 0.3) is 0 Å². The average molecular weight is 430 g/mol. The molecule has 4 aliphatic rings. The maximum Gasteiger partial charge on any atom is 0.316 e. The molecule has 0 unspecified atom stereocenters. The van der Waals surface area contributed by atoms with Gasteiger partial charge in [0.05, 0.1) is 18.8 Å². The molecule has 5 rings (SSSR count). The van der Waals surface area contributed by atoms with Gasteiger partial charge in [0.1, 0.15) is 23.4 Å². The third-order valence-electron chi connectivity index (χ3n) is 9.09. The quantitative estimate of drug-likeness (QED) is 0.526. The summed E-state index contributed by atoms with van der Waals surface area (Å²) in [5.74, 6) is -0.813. The molecule has 0 spiro atoms. The topological polar surface area (TPSA) is 92.0 Å². The molecule has 3 aliphatic carbocycles. The highest BCUT2D eigenvalue weighted by atomic mass is 16.6. The molecule has 1 aromatic rings. The minimum absolute atomic E-state index is 0.0324. The van der Waals surface area contributed by atoms with Crippen molar-refractivity contribution in [3.8, 4) is 0 Å². The highest BCUT2D eigenvalue weighted by Crippen LogP contribution is 2.69. The normalized spacial score (nSPS) is 45.1. The van der Waals surface area contributed by atoms with Crippen LogP contribution in [-0.2, 0) is 40.4 Å². The van der Waals surface area contributed by atoms with E-state index in [1.807, 2.05) is 19.9 Å².